The van der Waals surface area contributed by atoms with Crippen molar-refractivity contribution in [3.63, 3.8) is 0 Å². The number of benzene rings is 1. The molecule has 2 aliphatic heterocycles. The second-order valence-corrected chi connectivity index (χ2v) is 7.20. The molecule has 2 aliphatic rings. The number of thioether (sulfide) groups is 1. The van der Waals surface area contributed by atoms with Gasteiger partial charge in [0.05, 0.1) is 6.61 Å². The van der Waals surface area contributed by atoms with E-state index in [1.807, 2.05) is 11.0 Å². The van der Waals surface area contributed by atoms with Crippen molar-refractivity contribution in [1.29, 1.82) is 0 Å². The van der Waals surface area contributed by atoms with Crippen LogP contribution in [0.3, 0.4) is 0 Å². The zero-order valence-corrected chi connectivity index (χ0v) is 13.7. The molecule has 1 amide bonds. The van der Waals surface area contributed by atoms with Crippen molar-refractivity contribution < 1.29 is 14.3 Å². The second-order valence-electron chi connectivity index (χ2n) is 6.00. The summed E-state index contributed by atoms with van der Waals surface area (Å²) in [7, 11) is 0. The Bertz CT molecular complexity index is 587. The summed E-state index contributed by atoms with van der Waals surface area (Å²) in [6.07, 6.45) is 2.44. The molecule has 22 heavy (non-hydrogen) atoms. The van der Waals surface area contributed by atoms with Crippen molar-refractivity contribution in [3.05, 3.63) is 29.3 Å². The van der Waals surface area contributed by atoms with Crippen LogP contribution >= 0.6 is 11.8 Å². The van der Waals surface area contributed by atoms with Crippen LogP contribution in [-0.2, 0) is 22.4 Å². The average molecular weight is 319 g/mol. The maximum atomic E-state index is 12.0. The summed E-state index contributed by atoms with van der Waals surface area (Å²) in [5.74, 6) is 2.30. The predicted molar refractivity (Wildman–Crippen MR) is 87.2 cm³/mol. The van der Waals surface area contributed by atoms with Crippen LogP contribution in [0.2, 0.25) is 0 Å². The van der Waals surface area contributed by atoms with Crippen LogP contribution in [0.15, 0.2) is 18.2 Å². The predicted octanol–water partition coefficient (Wildman–Crippen LogP) is 2.29. The molecular weight excluding hydrogens is 298 g/mol. The van der Waals surface area contributed by atoms with Gasteiger partial charge in [0.25, 0.3) is 0 Å². The molecule has 1 unspecified atom stereocenters. The first-order chi connectivity index (χ1) is 10.6. The summed E-state index contributed by atoms with van der Waals surface area (Å²) in [5.41, 5.74) is 2.54. The molecular formula is C17H21NO3S. The Balaban J connectivity index is 1.51. The van der Waals surface area contributed by atoms with Gasteiger partial charge in [-0.3, -0.25) is 9.59 Å². The van der Waals surface area contributed by atoms with Crippen LogP contribution < -0.4 is 4.74 Å². The van der Waals surface area contributed by atoms with Crippen molar-refractivity contribution in [2.24, 2.45) is 5.92 Å². The molecule has 1 saturated heterocycles. The van der Waals surface area contributed by atoms with Crippen LogP contribution in [0.1, 0.15) is 24.5 Å². The van der Waals surface area contributed by atoms with Crippen molar-refractivity contribution >= 4 is 22.8 Å². The van der Waals surface area contributed by atoms with Crippen LogP contribution in [0.5, 0.6) is 5.75 Å². The van der Waals surface area contributed by atoms with Crippen molar-refractivity contribution in [2.45, 2.75) is 26.2 Å². The first-order valence-electron chi connectivity index (χ1n) is 7.77. The minimum Gasteiger partial charge on any atom is -0.493 e. The molecule has 0 saturated carbocycles. The van der Waals surface area contributed by atoms with Gasteiger partial charge in [-0.25, -0.2) is 0 Å². The first-order valence-corrected chi connectivity index (χ1v) is 8.76. The molecule has 1 fully saturated rings. The van der Waals surface area contributed by atoms with Gasteiger partial charge in [0, 0.05) is 38.6 Å². The fourth-order valence-electron chi connectivity index (χ4n) is 3.08. The maximum Gasteiger partial charge on any atom is 0.222 e. The Morgan fingerprint density at radius 1 is 1.45 bits per heavy atom. The molecule has 5 heteroatoms. The molecule has 0 bridgehead atoms. The SMILES string of the molecule is CC(=O)SCC1CC(=O)N(CCc2ccc3c(c2)CCO3)C1. The Labute approximate surface area is 135 Å². The van der Waals surface area contributed by atoms with E-state index in [2.05, 4.69) is 12.1 Å². The molecule has 1 aromatic rings. The fourth-order valence-corrected chi connectivity index (χ4v) is 3.77. The van der Waals surface area contributed by atoms with Crippen molar-refractivity contribution in [1.82, 2.24) is 4.90 Å². The number of hydrogen-bond donors (Lipinski definition) is 0. The topological polar surface area (TPSA) is 46.6 Å². The lowest BCUT2D eigenvalue weighted by Crippen LogP contribution is -2.27. The third-order valence-corrected chi connectivity index (χ3v) is 5.29. The molecule has 0 radical (unpaired) electrons. The number of ether oxygens (including phenoxy) is 1. The highest BCUT2D eigenvalue weighted by atomic mass is 32.2. The summed E-state index contributed by atoms with van der Waals surface area (Å²) in [6.45, 7) is 3.91. The van der Waals surface area contributed by atoms with Gasteiger partial charge in [-0.2, -0.15) is 0 Å². The van der Waals surface area contributed by atoms with E-state index < -0.39 is 0 Å². The number of amides is 1. The molecule has 1 aromatic carbocycles. The van der Waals surface area contributed by atoms with E-state index in [4.69, 9.17) is 4.74 Å². The third-order valence-electron chi connectivity index (χ3n) is 4.24. The molecule has 0 aromatic heterocycles. The number of fused-ring (bicyclic) bond motifs is 1. The van der Waals surface area contributed by atoms with Crippen molar-refractivity contribution in [3.8, 4) is 5.75 Å². The molecule has 0 aliphatic carbocycles. The van der Waals surface area contributed by atoms with Crippen LogP contribution in [0, 0.1) is 5.92 Å². The van der Waals surface area contributed by atoms with Gasteiger partial charge in [0.2, 0.25) is 5.91 Å². The van der Waals surface area contributed by atoms with E-state index in [1.165, 1.54) is 22.9 Å². The van der Waals surface area contributed by atoms with Crippen LogP contribution in [0.25, 0.3) is 0 Å². The molecule has 1 atom stereocenters. The normalized spacial score (nSPS) is 20.1. The van der Waals surface area contributed by atoms with E-state index >= 15 is 0 Å². The number of carbonyl (C=O) groups is 2. The number of nitrogens with zero attached hydrogens (tertiary/aromatic N) is 1. The van der Waals surface area contributed by atoms with Crippen LogP contribution in [-0.4, -0.2) is 41.4 Å². The van der Waals surface area contributed by atoms with Gasteiger partial charge in [0.15, 0.2) is 5.12 Å². The van der Waals surface area contributed by atoms with Gasteiger partial charge in [-0.15, -0.1) is 0 Å². The smallest absolute Gasteiger partial charge is 0.222 e. The molecule has 0 N–H and O–H groups in total. The molecule has 0 spiro atoms. The van der Waals surface area contributed by atoms with E-state index in [1.54, 1.807) is 6.92 Å². The van der Waals surface area contributed by atoms with Crippen LogP contribution in [0.4, 0.5) is 0 Å². The maximum absolute atomic E-state index is 12.0. The third kappa shape index (κ3) is 3.64. The highest BCUT2D eigenvalue weighted by Gasteiger charge is 2.29. The van der Waals surface area contributed by atoms with Gasteiger partial charge < -0.3 is 9.64 Å². The summed E-state index contributed by atoms with van der Waals surface area (Å²) in [5, 5.41) is 0.131. The Hall–Kier alpha value is -1.49. The highest BCUT2D eigenvalue weighted by Crippen LogP contribution is 2.27. The highest BCUT2D eigenvalue weighted by molar-refractivity contribution is 8.13. The van der Waals surface area contributed by atoms with E-state index in [0.29, 0.717) is 12.3 Å². The second kappa shape index (κ2) is 6.73. The number of likely N-dealkylation sites (tertiary alicyclic amines) is 1. The lowest BCUT2D eigenvalue weighted by Gasteiger charge is -2.16. The Kier molecular flexibility index (Phi) is 4.71. The van der Waals surface area contributed by atoms with Gasteiger partial charge >= 0.3 is 0 Å². The quantitative estimate of drug-likeness (QED) is 0.835. The summed E-state index contributed by atoms with van der Waals surface area (Å²) >= 11 is 1.33. The summed E-state index contributed by atoms with van der Waals surface area (Å²) in [6, 6.07) is 6.33. The zero-order chi connectivity index (χ0) is 15.5. The minimum absolute atomic E-state index is 0.131. The Morgan fingerprint density at radius 2 is 2.32 bits per heavy atom. The standard InChI is InChI=1S/C17H21NO3S/c1-12(19)22-11-14-9-17(20)18(10-14)6-4-13-2-3-16-15(8-13)5-7-21-16/h2-3,8,14H,4-7,9-11H2,1H3. The molecule has 118 valence electrons. The zero-order valence-electron chi connectivity index (χ0n) is 12.8. The largest absolute Gasteiger partial charge is 0.493 e. The van der Waals surface area contributed by atoms with E-state index in [0.717, 1.165) is 44.0 Å². The lowest BCUT2D eigenvalue weighted by atomic mass is 10.1. The molecule has 4 nitrogen and oxygen atoms in total. The molecule has 2 heterocycles. The summed E-state index contributed by atoms with van der Waals surface area (Å²) < 4.78 is 5.51. The first kappa shape index (κ1) is 15.4. The van der Waals surface area contributed by atoms with Gasteiger partial charge in [0.1, 0.15) is 5.75 Å². The summed E-state index contributed by atoms with van der Waals surface area (Å²) in [4.78, 5) is 25.0. The fraction of sp³-hybridized carbons (Fsp3) is 0.529. The average Bonchev–Trinajstić information content (AvgIpc) is 3.08. The van der Waals surface area contributed by atoms with E-state index in [9.17, 15) is 9.59 Å². The number of carbonyl (C=O) groups excluding carboxylic acids is 2. The Morgan fingerprint density at radius 3 is 3.14 bits per heavy atom. The number of hydrogen-bond acceptors (Lipinski definition) is 4. The van der Waals surface area contributed by atoms with E-state index in [-0.39, 0.29) is 11.0 Å². The number of rotatable bonds is 5. The van der Waals surface area contributed by atoms with Gasteiger partial charge in [-0.05, 0) is 29.5 Å². The van der Waals surface area contributed by atoms with Gasteiger partial charge in [-0.1, -0.05) is 23.9 Å². The van der Waals surface area contributed by atoms with Crippen molar-refractivity contribution in [2.75, 3.05) is 25.4 Å². The minimum atomic E-state index is 0.131. The molecule has 3 rings (SSSR count). The lowest BCUT2D eigenvalue weighted by molar-refractivity contribution is -0.127. The monoisotopic (exact) mass is 319 g/mol.